The number of nitrogens with zero attached hydrogens (tertiary/aromatic N) is 4. The second-order valence-electron chi connectivity index (χ2n) is 6.42. The molecule has 2 aromatic rings. The Kier molecular flexibility index (Phi) is 27.6. The van der Waals surface area contributed by atoms with Gasteiger partial charge in [0.2, 0.25) is 0 Å². The van der Waals surface area contributed by atoms with Crippen LogP contribution in [0, 0.1) is 38.8 Å². The summed E-state index contributed by atoms with van der Waals surface area (Å²) in [5, 5.41) is 0. The molecule has 176 valence electrons. The largest absolute Gasteiger partial charge is 0.697 e. The molecule has 0 amide bonds. The third kappa shape index (κ3) is 12.6. The molecule has 4 nitrogen and oxygen atoms in total. The minimum Gasteiger partial charge on any atom is -0.697 e. The van der Waals surface area contributed by atoms with Gasteiger partial charge in [0.15, 0.2) is 0 Å². The molecule has 2 aliphatic heterocycles. The topological polar surface area (TPSA) is 32.3 Å². The molecule has 10 heteroatoms. The van der Waals surface area contributed by atoms with Crippen molar-refractivity contribution in [1.82, 2.24) is 9.97 Å². The molecule has 0 aromatic carbocycles. The van der Waals surface area contributed by atoms with Gasteiger partial charge < -0.3 is 22.6 Å². The summed E-state index contributed by atoms with van der Waals surface area (Å²) in [7, 11) is 7.94. The van der Waals surface area contributed by atoms with Crippen LogP contribution < -0.4 is 9.80 Å². The molecule has 2 aliphatic rings. The summed E-state index contributed by atoms with van der Waals surface area (Å²) < 4.78 is 1.02. The Morgan fingerprint density at radius 1 is 0.879 bits per heavy atom. The molecule has 0 saturated heterocycles. The van der Waals surface area contributed by atoms with E-state index in [-0.39, 0.29) is 105 Å². The zero-order chi connectivity index (χ0) is 20.5. The van der Waals surface area contributed by atoms with E-state index in [4.69, 9.17) is 6.42 Å². The van der Waals surface area contributed by atoms with Crippen molar-refractivity contribution < 1.29 is 105 Å². The molecule has 0 unspecified atom stereocenters. The summed E-state index contributed by atoms with van der Waals surface area (Å²) >= 11 is 3.40. The van der Waals surface area contributed by atoms with Crippen molar-refractivity contribution in [2.45, 2.75) is 32.6 Å². The predicted octanol–water partition coefficient (Wildman–Crippen LogP) is 4.58. The van der Waals surface area contributed by atoms with Crippen LogP contribution >= 0.6 is 15.9 Å². The fourth-order valence-electron chi connectivity index (χ4n) is 3.20. The van der Waals surface area contributed by atoms with E-state index in [1.165, 1.54) is 5.69 Å². The average molecular weight is 1360 g/mol. The van der Waals surface area contributed by atoms with Gasteiger partial charge in [-0.15, -0.1) is 5.92 Å². The summed E-state index contributed by atoms with van der Waals surface area (Å²) in [6.45, 7) is 3.88. The molecular formula is C23H24BrN4W5-3. The van der Waals surface area contributed by atoms with Gasteiger partial charge in [-0.1, -0.05) is 5.92 Å². The van der Waals surface area contributed by atoms with Crippen molar-refractivity contribution in [3.8, 4) is 18.3 Å². The Hall–Kier alpha value is 0.942. The standard InChI is InChI=1S/C12H13N2.C9H10BrN2.C2H.5W/c1-3-5-10-8-12-11(13-9-10)6-4-7-14(12)2;1-12-4-2-3-8-9(12)5-7(10)6-11-8;1-2;;;;;/h8-9H,2,4,6-7H2,1H3;5-6H,1-4H2;1H;;;;;/q3*-1;;;;;. The molecule has 0 N–H and O–H groups in total. The van der Waals surface area contributed by atoms with Gasteiger partial charge in [-0.3, -0.25) is 24.1 Å². The second-order valence-corrected chi connectivity index (χ2v) is 7.33. The van der Waals surface area contributed by atoms with Crippen LogP contribution in [0.2, 0.25) is 0 Å². The number of hydrogen-bond acceptors (Lipinski definition) is 4. The van der Waals surface area contributed by atoms with E-state index in [9.17, 15) is 0 Å². The maximum atomic E-state index is 5.25. The molecule has 4 rings (SSSR count). The smallest absolute Gasteiger partial charge is 0.0612 e. The van der Waals surface area contributed by atoms with Gasteiger partial charge in [0.1, 0.15) is 0 Å². The minimum absolute atomic E-state index is 0. The Bertz CT molecular complexity index is 899. The van der Waals surface area contributed by atoms with Crippen LogP contribution in [0.25, 0.3) is 0 Å². The second kappa shape index (κ2) is 22.2. The quantitative estimate of drug-likeness (QED) is 0.286. The van der Waals surface area contributed by atoms with E-state index >= 15 is 0 Å². The van der Waals surface area contributed by atoms with Crippen molar-refractivity contribution in [3.63, 3.8) is 0 Å². The van der Waals surface area contributed by atoms with Crippen molar-refractivity contribution in [1.29, 1.82) is 0 Å². The fraction of sp³-hybridized carbons (Fsp3) is 0.304. The van der Waals surface area contributed by atoms with Gasteiger partial charge in [-0.05, 0) is 73.8 Å². The number of anilines is 2. The van der Waals surface area contributed by atoms with Crippen LogP contribution in [-0.4, -0.2) is 23.1 Å². The van der Waals surface area contributed by atoms with Gasteiger partial charge in [0.25, 0.3) is 0 Å². The number of rotatable bonds is 0. The van der Waals surface area contributed by atoms with E-state index in [2.05, 4.69) is 70.4 Å². The summed E-state index contributed by atoms with van der Waals surface area (Å²) in [4.78, 5) is 12.8. The predicted molar refractivity (Wildman–Crippen MR) is 119 cm³/mol. The summed E-state index contributed by atoms with van der Waals surface area (Å²) in [5.74, 6) is 5.89. The van der Waals surface area contributed by atoms with Gasteiger partial charge >= 0.3 is 0 Å². The first-order valence-corrected chi connectivity index (χ1v) is 9.89. The molecule has 0 bridgehead atoms. The molecule has 2 aromatic heterocycles. The van der Waals surface area contributed by atoms with Crippen LogP contribution in [0.3, 0.4) is 0 Å². The molecule has 0 radical (unpaired) electrons. The number of fused-ring (bicyclic) bond motifs is 2. The molecule has 0 fully saturated rings. The summed E-state index contributed by atoms with van der Waals surface area (Å²) in [6, 6.07) is 4.15. The Balaban J connectivity index is -0.000000209. The average Bonchev–Trinajstić information content (AvgIpc) is 2.72. The van der Waals surface area contributed by atoms with Crippen molar-refractivity contribution in [3.05, 3.63) is 66.5 Å². The zero-order valence-corrected chi connectivity index (χ0v) is 34.5. The van der Waals surface area contributed by atoms with Gasteiger partial charge in [-0.25, -0.2) is 0 Å². The first kappa shape index (κ1) is 41.1. The third-order valence-electron chi connectivity index (χ3n) is 4.50. The number of aromatic nitrogens is 2. The van der Waals surface area contributed by atoms with Crippen LogP contribution in [0.1, 0.15) is 36.7 Å². The Morgan fingerprint density at radius 2 is 1.33 bits per heavy atom. The van der Waals surface area contributed by atoms with Crippen LogP contribution in [0.15, 0.2) is 29.0 Å². The SMILES string of the molecule is [C-]#C.[CH2-]N1CCCc2ncc(Br)cc21.[CH2-]N1CCCc2ncc(C#CC)cc21.[W].[W].[W].[W].[W]. The van der Waals surface area contributed by atoms with Gasteiger partial charge in [0.05, 0.1) is 11.4 Å². The van der Waals surface area contributed by atoms with Crippen LogP contribution in [-0.2, 0) is 118 Å². The van der Waals surface area contributed by atoms with E-state index < -0.39 is 0 Å². The summed E-state index contributed by atoms with van der Waals surface area (Å²) in [5.41, 5.74) is 5.58. The molecule has 4 heterocycles. The zero-order valence-electron chi connectivity index (χ0n) is 18.3. The first-order valence-electron chi connectivity index (χ1n) is 9.09. The number of terminal acetylenes is 1. The Labute approximate surface area is 279 Å². The number of halogens is 1. The van der Waals surface area contributed by atoms with E-state index in [1.54, 1.807) is 0 Å². The first-order chi connectivity index (χ1) is 13.6. The number of pyridine rings is 2. The molecule has 33 heavy (non-hydrogen) atoms. The minimum atomic E-state index is 0. The molecule has 0 saturated carbocycles. The van der Waals surface area contributed by atoms with Crippen molar-refractivity contribution in [2.75, 3.05) is 22.9 Å². The fourth-order valence-corrected chi connectivity index (χ4v) is 3.52. The van der Waals surface area contributed by atoms with Crippen molar-refractivity contribution >= 4 is 27.3 Å². The van der Waals surface area contributed by atoms with E-state index in [0.717, 1.165) is 65.9 Å². The normalized spacial score (nSPS) is 11.9. The number of hydrogen-bond donors (Lipinski definition) is 0. The van der Waals surface area contributed by atoms with Gasteiger partial charge in [0, 0.05) is 139 Å². The van der Waals surface area contributed by atoms with Gasteiger partial charge in [-0.2, -0.15) is 0 Å². The molecule has 0 aliphatic carbocycles. The third-order valence-corrected chi connectivity index (χ3v) is 4.93. The van der Waals surface area contributed by atoms with E-state index in [0.29, 0.717) is 0 Å². The van der Waals surface area contributed by atoms with Crippen LogP contribution in [0.4, 0.5) is 11.4 Å². The molecular weight excluding hydrogens is 1330 g/mol. The van der Waals surface area contributed by atoms with Crippen molar-refractivity contribution in [2.24, 2.45) is 0 Å². The summed E-state index contributed by atoms with van der Waals surface area (Å²) in [6.07, 6.45) is 17.1. The number of aryl methyl sites for hydroxylation is 2. The Morgan fingerprint density at radius 3 is 1.82 bits per heavy atom. The maximum Gasteiger partial charge on any atom is 0.0612 e. The maximum absolute atomic E-state index is 5.25. The van der Waals surface area contributed by atoms with E-state index in [1.807, 2.05) is 29.1 Å². The monoisotopic (exact) mass is 1350 g/mol. The molecule has 0 atom stereocenters. The van der Waals surface area contributed by atoms with Crippen LogP contribution in [0.5, 0.6) is 0 Å². The molecule has 0 spiro atoms.